The number of aliphatic hydroxyl groups is 1. The molecule has 204 valence electrons. The second-order valence-electron chi connectivity index (χ2n) is 11.3. The lowest BCUT2D eigenvalue weighted by atomic mass is 10.1. The van der Waals surface area contributed by atoms with Crippen LogP contribution in [0.1, 0.15) is 40.5 Å². The predicted molar refractivity (Wildman–Crippen MR) is 168 cm³/mol. The minimum atomic E-state index is -3.06. The van der Waals surface area contributed by atoms with E-state index in [1.54, 1.807) is 0 Å². The first kappa shape index (κ1) is 29.2. The molecule has 0 spiro atoms. The quantitative estimate of drug-likeness (QED) is 0.138. The first-order valence-electron chi connectivity index (χ1n) is 13.9. The van der Waals surface area contributed by atoms with Gasteiger partial charge in [-0.3, -0.25) is 0 Å². The molecule has 0 amide bonds. The largest absolute Gasteiger partial charge is 0.407 e. The number of rotatable bonds is 11. The molecule has 0 saturated heterocycles. The number of aliphatic hydroxyl groups excluding tert-OH is 1. The van der Waals surface area contributed by atoms with E-state index in [0.717, 1.165) is 10.6 Å². The van der Waals surface area contributed by atoms with Gasteiger partial charge in [-0.1, -0.05) is 149 Å². The van der Waals surface area contributed by atoms with E-state index < -0.39 is 27.2 Å². The van der Waals surface area contributed by atoms with E-state index in [2.05, 4.69) is 69.3 Å². The van der Waals surface area contributed by atoms with Gasteiger partial charge in [0.05, 0.1) is 6.10 Å². The van der Waals surface area contributed by atoms with Crippen LogP contribution in [0.25, 0.3) is 0 Å². The standard InChI is InChI=1S/C34H41O3PSi/c1-28(38(36,29-18-9-5-10-19-29)30-20-11-6-12-21-30)33(35)26-17-27-37-39(34(2,3)4,31-22-13-7-14-23-31)32-24-15-8-16-25-32/h5-16,18-25,28,33,35H,17,26-27H2,1-4H3/t28-,33-/m0/s1. The van der Waals surface area contributed by atoms with Gasteiger partial charge in [-0.05, 0) is 28.3 Å². The molecule has 1 N–H and O–H groups in total. The van der Waals surface area contributed by atoms with Gasteiger partial charge in [0, 0.05) is 22.9 Å². The first-order valence-corrected chi connectivity index (χ1v) is 17.5. The third-order valence-corrected chi connectivity index (χ3v) is 16.5. The second kappa shape index (κ2) is 12.6. The van der Waals surface area contributed by atoms with Crippen molar-refractivity contribution in [3.63, 3.8) is 0 Å². The number of benzene rings is 4. The van der Waals surface area contributed by atoms with Crippen molar-refractivity contribution in [3.8, 4) is 0 Å². The van der Waals surface area contributed by atoms with Gasteiger partial charge in [-0.2, -0.15) is 0 Å². The lowest BCUT2D eigenvalue weighted by Gasteiger charge is -2.43. The third-order valence-electron chi connectivity index (χ3n) is 7.79. The summed E-state index contributed by atoms with van der Waals surface area (Å²) >= 11 is 0. The highest BCUT2D eigenvalue weighted by atomic mass is 31.2. The Morgan fingerprint density at radius 1 is 0.718 bits per heavy atom. The summed E-state index contributed by atoms with van der Waals surface area (Å²) in [5.41, 5.74) is -0.421. The van der Waals surface area contributed by atoms with E-state index in [1.807, 2.05) is 79.7 Å². The summed E-state index contributed by atoms with van der Waals surface area (Å²) in [6.07, 6.45) is 0.474. The van der Waals surface area contributed by atoms with Crippen LogP contribution in [0.3, 0.4) is 0 Å². The van der Waals surface area contributed by atoms with Crippen LogP contribution in [0.15, 0.2) is 121 Å². The van der Waals surface area contributed by atoms with Gasteiger partial charge >= 0.3 is 0 Å². The fourth-order valence-electron chi connectivity index (χ4n) is 5.68. The molecule has 0 fully saturated rings. The van der Waals surface area contributed by atoms with Crippen LogP contribution in [0.4, 0.5) is 0 Å². The molecule has 0 heterocycles. The van der Waals surface area contributed by atoms with Crippen molar-refractivity contribution in [1.29, 1.82) is 0 Å². The normalized spacial score (nSPS) is 14.1. The minimum Gasteiger partial charge on any atom is -0.407 e. The fraction of sp³-hybridized carbons (Fsp3) is 0.294. The summed E-state index contributed by atoms with van der Waals surface area (Å²) in [4.78, 5) is 0. The summed E-state index contributed by atoms with van der Waals surface area (Å²) in [7, 11) is -5.68. The maximum atomic E-state index is 14.7. The van der Waals surface area contributed by atoms with Crippen LogP contribution in [-0.4, -0.2) is 31.8 Å². The fourth-order valence-corrected chi connectivity index (χ4v) is 13.4. The van der Waals surface area contributed by atoms with Gasteiger partial charge < -0.3 is 14.1 Å². The van der Waals surface area contributed by atoms with E-state index in [0.29, 0.717) is 19.4 Å². The third kappa shape index (κ3) is 6.05. The Labute approximate surface area is 235 Å². The highest BCUT2D eigenvalue weighted by Crippen LogP contribution is 2.50. The van der Waals surface area contributed by atoms with Gasteiger partial charge in [-0.15, -0.1) is 0 Å². The Hall–Kier alpha value is -2.75. The molecule has 0 bridgehead atoms. The van der Waals surface area contributed by atoms with Crippen LogP contribution < -0.4 is 21.0 Å². The SMILES string of the molecule is C[C@@H]([C@@H](O)CCCO[Si](c1ccccc1)(c1ccccc1)C(C)(C)C)P(=O)(c1ccccc1)c1ccccc1. The topological polar surface area (TPSA) is 46.5 Å². The van der Waals surface area contributed by atoms with Crippen LogP contribution >= 0.6 is 7.14 Å². The predicted octanol–water partition coefficient (Wildman–Crippen LogP) is 6.11. The van der Waals surface area contributed by atoms with E-state index in [1.165, 1.54) is 10.4 Å². The van der Waals surface area contributed by atoms with E-state index in [9.17, 15) is 9.67 Å². The van der Waals surface area contributed by atoms with E-state index in [-0.39, 0.29) is 5.04 Å². The van der Waals surface area contributed by atoms with Gasteiger partial charge in [0.2, 0.25) is 0 Å². The molecule has 0 aliphatic heterocycles. The summed E-state index contributed by atoms with van der Waals surface area (Å²) in [5, 5.41) is 15.3. The Morgan fingerprint density at radius 2 is 1.10 bits per heavy atom. The van der Waals surface area contributed by atoms with Gasteiger partial charge in [0.25, 0.3) is 8.32 Å². The monoisotopic (exact) mass is 556 g/mol. The van der Waals surface area contributed by atoms with Crippen LogP contribution in [0.5, 0.6) is 0 Å². The van der Waals surface area contributed by atoms with E-state index >= 15 is 0 Å². The van der Waals surface area contributed by atoms with Crippen molar-refractivity contribution in [1.82, 2.24) is 0 Å². The molecule has 39 heavy (non-hydrogen) atoms. The maximum absolute atomic E-state index is 14.7. The zero-order chi connectivity index (χ0) is 27.9. The Balaban J connectivity index is 1.55. The Bertz CT molecular complexity index is 1260. The van der Waals surface area contributed by atoms with Crippen LogP contribution in [0.2, 0.25) is 5.04 Å². The lowest BCUT2D eigenvalue weighted by Crippen LogP contribution is -2.66. The molecule has 3 nitrogen and oxygen atoms in total. The summed E-state index contributed by atoms with van der Waals surface area (Å²) in [6, 6.07) is 40.4. The molecule has 5 heteroatoms. The smallest absolute Gasteiger partial charge is 0.261 e. The van der Waals surface area contributed by atoms with Crippen molar-refractivity contribution in [2.75, 3.05) is 6.61 Å². The van der Waals surface area contributed by atoms with Gasteiger partial charge in [0.15, 0.2) is 0 Å². The average molecular weight is 557 g/mol. The highest BCUT2D eigenvalue weighted by molar-refractivity contribution is 7.79. The van der Waals surface area contributed by atoms with Crippen molar-refractivity contribution in [3.05, 3.63) is 121 Å². The van der Waals surface area contributed by atoms with Crippen molar-refractivity contribution in [2.45, 2.75) is 57.3 Å². The molecule has 0 aliphatic carbocycles. The zero-order valence-electron chi connectivity index (χ0n) is 23.5. The molecule has 0 aliphatic rings. The first-order chi connectivity index (χ1) is 18.7. The Morgan fingerprint density at radius 3 is 1.49 bits per heavy atom. The molecule has 4 aromatic rings. The van der Waals surface area contributed by atoms with E-state index in [4.69, 9.17) is 4.43 Å². The molecule has 0 saturated carbocycles. The second-order valence-corrected chi connectivity index (χ2v) is 18.8. The molecule has 4 aromatic carbocycles. The maximum Gasteiger partial charge on any atom is 0.261 e. The van der Waals surface area contributed by atoms with Crippen molar-refractivity contribution >= 4 is 36.4 Å². The number of hydrogen-bond acceptors (Lipinski definition) is 3. The van der Waals surface area contributed by atoms with Crippen LogP contribution in [-0.2, 0) is 8.99 Å². The number of hydrogen-bond donors (Lipinski definition) is 1. The summed E-state index contributed by atoms with van der Waals surface area (Å²) in [6.45, 7) is 9.26. The summed E-state index contributed by atoms with van der Waals surface area (Å²) < 4.78 is 21.7. The van der Waals surface area contributed by atoms with Crippen LogP contribution in [0, 0.1) is 0 Å². The molecule has 0 aromatic heterocycles. The molecule has 0 unspecified atom stereocenters. The average Bonchev–Trinajstić information content (AvgIpc) is 2.97. The zero-order valence-corrected chi connectivity index (χ0v) is 25.4. The Kier molecular flexibility index (Phi) is 9.46. The molecular formula is C34H41O3PSi. The highest BCUT2D eigenvalue weighted by Gasteiger charge is 2.50. The van der Waals surface area contributed by atoms with Gasteiger partial charge in [-0.25, -0.2) is 0 Å². The molecule has 2 atom stereocenters. The lowest BCUT2D eigenvalue weighted by molar-refractivity contribution is 0.150. The minimum absolute atomic E-state index is 0.0993. The molecule has 4 rings (SSSR count). The van der Waals surface area contributed by atoms with Gasteiger partial charge in [0.1, 0.15) is 7.14 Å². The van der Waals surface area contributed by atoms with Crippen molar-refractivity contribution < 1.29 is 14.1 Å². The van der Waals surface area contributed by atoms with Crippen molar-refractivity contribution in [2.24, 2.45) is 0 Å². The molecule has 0 radical (unpaired) electrons. The summed E-state index contributed by atoms with van der Waals surface area (Å²) in [5.74, 6) is 0. The molecular weight excluding hydrogens is 515 g/mol.